The number of carboxylic acids is 1. The van der Waals surface area contributed by atoms with E-state index in [1.54, 1.807) is 0 Å². The lowest BCUT2D eigenvalue weighted by atomic mass is 9.54. The van der Waals surface area contributed by atoms with E-state index in [2.05, 4.69) is 19.2 Å². The first-order chi connectivity index (χ1) is 8.28. The van der Waals surface area contributed by atoms with Crippen LogP contribution in [-0.2, 0) is 4.79 Å². The van der Waals surface area contributed by atoms with Gasteiger partial charge in [0.25, 0.3) is 0 Å². The summed E-state index contributed by atoms with van der Waals surface area (Å²) in [6.07, 6.45) is 1.89. The number of fused-ring (bicyclic) bond motifs is 2. The number of piperidine rings is 2. The molecular weight excluding hydrogens is 234 g/mol. The van der Waals surface area contributed by atoms with Crippen LogP contribution in [0.2, 0.25) is 0 Å². The Labute approximate surface area is 107 Å². The van der Waals surface area contributed by atoms with Crippen molar-refractivity contribution < 1.29 is 19.3 Å². The second-order valence-electron chi connectivity index (χ2n) is 6.09. The SMILES string of the molecule is CC1(C)C2CC[N+](N)(C(=O)NCCC(=O)O)C1C2. The molecule has 3 fully saturated rings. The van der Waals surface area contributed by atoms with E-state index in [-0.39, 0.29) is 35.0 Å². The fraction of sp³-hybridized carbons (Fsp3) is 0.833. The van der Waals surface area contributed by atoms with Crippen LogP contribution in [0.5, 0.6) is 0 Å². The Morgan fingerprint density at radius 3 is 2.67 bits per heavy atom. The van der Waals surface area contributed by atoms with Crippen molar-refractivity contribution >= 4 is 12.0 Å². The molecule has 2 saturated heterocycles. The van der Waals surface area contributed by atoms with Crippen molar-refractivity contribution in [3.63, 3.8) is 0 Å². The standard InChI is InChI=1S/C12H21N3O3/c1-12(2)8-4-6-15(13,9(12)7-8)11(18)14-5-3-10(16)17/h8-9H,3-7,13H2,1-2H3,(H-,14,16,17,18)/p+1. The van der Waals surface area contributed by atoms with E-state index >= 15 is 0 Å². The summed E-state index contributed by atoms with van der Waals surface area (Å²) in [5.41, 5.74) is 0.108. The summed E-state index contributed by atoms with van der Waals surface area (Å²) in [5, 5.41) is 11.2. The minimum Gasteiger partial charge on any atom is -0.481 e. The van der Waals surface area contributed by atoms with E-state index < -0.39 is 5.97 Å². The molecule has 2 bridgehead atoms. The molecule has 3 rings (SSSR count). The summed E-state index contributed by atoms with van der Waals surface area (Å²) in [6.45, 7) is 5.12. The molecule has 0 aromatic carbocycles. The smallest absolute Gasteiger partial charge is 0.435 e. The van der Waals surface area contributed by atoms with Crippen molar-refractivity contribution in [3.8, 4) is 0 Å². The van der Waals surface area contributed by atoms with Gasteiger partial charge in [0.1, 0.15) is 12.6 Å². The van der Waals surface area contributed by atoms with Gasteiger partial charge < -0.3 is 10.4 Å². The molecule has 18 heavy (non-hydrogen) atoms. The molecule has 4 N–H and O–H groups in total. The number of hydrogen-bond acceptors (Lipinski definition) is 3. The maximum absolute atomic E-state index is 12.2. The van der Waals surface area contributed by atoms with Crippen LogP contribution >= 0.6 is 0 Å². The third-order valence-electron chi connectivity index (χ3n) is 4.82. The first-order valence-electron chi connectivity index (χ1n) is 6.45. The van der Waals surface area contributed by atoms with Crippen LogP contribution in [0.4, 0.5) is 4.79 Å². The van der Waals surface area contributed by atoms with E-state index in [0.717, 1.165) is 12.8 Å². The lowest BCUT2D eigenvalue weighted by Gasteiger charge is -2.61. The molecule has 1 saturated carbocycles. The van der Waals surface area contributed by atoms with E-state index in [9.17, 15) is 9.59 Å². The molecule has 102 valence electrons. The first-order valence-corrected chi connectivity index (χ1v) is 6.45. The van der Waals surface area contributed by atoms with Gasteiger partial charge in [-0.25, -0.2) is 4.79 Å². The van der Waals surface area contributed by atoms with Gasteiger partial charge in [0.15, 0.2) is 0 Å². The topological polar surface area (TPSA) is 92.4 Å². The maximum atomic E-state index is 12.2. The number of rotatable bonds is 3. The van der Waals surface area contributed by atoms with Crippen molar-refractivity contribution in [1.29, 1.82) is 0 Å². The van der Waals surface area contributed by atoms with Crippen molar-refractivity contribution in [2.45, 2.75) is 39.2 Å². The van der Waals surface area contributed by atoms with E-state index in [4.69, 9.17) is 10.9 Å². The molecule has 3 aliphatic rings. The molecule has 6 nitrogen and oxygen atoms in total. The van der Waals surface area contributed by atoms with E-state index in [1.807, 2.05) is 0 Å². The molecule has 2 heterocycles. The predicted molar refractivity (Wildman–Crippen MR) is 65.3 cm³/mol. The number of aliphatic carboxylic acids is 1. The highest BCUT2D eigenvalue weighted by atomic mass is 16.4. The second kappa shape index (κ2) is 4.20. The summed E-state index contributed by atoms with van der Waals surface area (Å²) in [7, 11) is 0. The fourth-order valence-electron chi connectivity index (χ4n) is 3.45. The average molecular weight is 256 g/mol. The second-order valence-corrected chi connectivity index (χ2v) is 6.09. The number of nitrogens with one attached hydrogen (secondary N) is 1. The molecule has 6 heteroatoms. The Bertz CT molecular complexity index is 381. The third-order valence-corrected chi connectivity index (χ3v) is 4.82. The van der Waals surface area contributed by atoms with Gasteiger partial charge in [0, 0.05) is 24.8 Å². The lowest BCUT2D eigenvalue weighted by Crippen LogP contribution is -2.79. The molecule has 0 radical (unpaired) electrons. The normalized spacial score (nSPS) is 36.6. The van der Waals surface area contributed by atoms with Gasteiger partial charge in [-0.15, -0.1) is 0 Å². The van der Waals surface area contributed by atoms with Crippen molar-refractivity contribution in [2.75, 3.05) is 13.1 Å². The van der Waals surface area contributed by atoms with Crippen molar-refractivity contribution in [1.82, 2.24) is 5.32 Å². The number of amides is 2. The molecule has 0 spiro atoms. The van der Waals surface area contributed by atoms with Crippen LogP contribution < -0.4 is 11.2 Å². The first kappa shape index (κ1) is 13.3. The van der Waals surface area contributed by atoms with Gasteiger partial charge in [-0.05, 0) is 5.92 Å². The zero-order valence-electron chi connectivity index (χ0n) is 11.0. The van der Waals surface area contributed by atoms with Gasteiger partial charge in [-0.1, -0.05) is 13.8 Å². The zero-order chi connectivity index (χ0) is 13.6. The van der Waals surface area contributed by atoms with Crippen LogP contribution in [0, 0.1) is 11.3 Å². The number of hydrogen-bond donors (Lipinski definition) is 3. The Morgan fingerprint density at radius 1 is 1.50 bits per heavy atom. The van der Waals surface area contributed by atoms with Crippen molar-refractivity contribution in [3.05, 3.63) is 0 Å². The largest absolute Gasteiger partial charge is 0.481 e. The number of carboxylic acid groups (broad SMARTS) is 1. The Balaban J connectivity index is 1.98. The van der Waals surface area contributed by atoms with Gasteiger partial charge >= 0.3 is 12.0 Å². The predicted octanol–water partition coefficient (Wildman–Crippen LogP) is 0.680. The number of carbonyl (C=O) groups is 2. The summed E-state index contributed by atoms with van der Waals surface area (Å²) in [5.74, 6) is 6.01. The highest BCUT2D eigenvalue weighted by molar-refractivity contribution is 5.70. The molecule has 3 atom stereocenters. The molecular formula is C12H22N3O3+. The van der Waals surface area contributed by atoms with Gasteiger partial charge in [-0.3, -0.25) is 4.79 Å². The third kappa shape index (κ3) is 1.89. The Kier molecular flexibility index (Phi) is 3.11. The van der Waals surface area contributed by atoms with Gasteiger partial charge in [0.2, 0.25) is 0 Å². The summed E-state index contributed by atoms with van der Waals surface area (Å²) < 4.78 is -0.0802. The zero-order valence-corrected chi connectivity index (χ0v) is 11.0. The Morgan fingerprint density at radius 2 is 2.17 bits per heavy atom. The van der Waals surface area contributed by atoms with E-state index in [0.29, 0.717) is 12.5 Å². The molecule has 0 aromatic rings. The summed E-state index contributed by atoms with van der Waals surface area (Å²) in [4.78, 5) is 22.6. The van der Waals surface area contributed by atoms with E-state index in [1.165, 1.54) is 0 Å². The Hall–Kier alpha value is -1.14. The molecule has 1 aliphatic carbocycles. The number of urea groups is 1. The van der Waals surface area contributed by atoms with Gasteiger partial charge in [0.05, 0.1) is 6.42 Å². The highest BCUT2D eigenvalue weighted by Gasteiger charge is 2.64. The fourth-order valence-corrected chi connectivity index (χ4v) is 3.45. The lowest BCUT2D eigenvalue weighted by molar-refractivity contribution is -0.917. The average Bonchev–Trinajstić information content (AvgIpc) is 2.27. The van der Waals surface area contributed by atoms with Crippen LogP contribution in [0.1, 0.15) is 33.1 Å². The maximum Gasteiger partial charge on any atom is 0.435 e. The van der Waals surface area contributed by atoms with Crippen LogP contribution in [0.25, 0.3) is 0 Å². The molecule has 2 amide bonds. The van der Waals surface area contributed by atoms with Crippen LogP contribution in [-0.4, -0.2) is 40.8 Å². The number of carbonyl (C=O) groups excluding carboxylic acids is 1. The number of nitrogens with zero attached hydrogens (tertiary/aromatic N) is 1. The molecule has 2 aliphatic heterocycles. The van der Waals surface area contributed by atoms with Crippen molar-refractivity contribution in [2.24, 2.45) is 17.2 Å². The van der Waals surface area contributed by atoms with Gasteiger partial charge in [-0.2, -0.15) is 10.4 Å². The minimum atomic E-state index is -0.915. The van der Waals surface area contributed by atoms with Crippen LogP contribution in [0.15, 0.2) is 0 Å². The summed E-state index contributed by atoms with van der Waals surface area (Å²) in [6, 6.07) is -0.0893. The minimum absolute atomic E-state index is 0.0670. The summed E-state index contributed by atoms with van der Waals surface area (Å²) >= 11 is 0. The number of quaternary nitrogens is 1. The molecule has 3 unspecified atom stereocenters. The quantitative estimate of drug-likeness (QED) is 0.393. The highest BCUT2D eigenvalue weighted by Crippen LogP contribution is 2.55. The molecule has 0 aromatic heterocycles. The van der Waals surface area contributed by atoms with Crippen LogP contribution in [0.3, 0.4) is 0 Å². The monoisotopic (exact) mass is 256 g/mol. The number of nitrogens with two attached hydrogens (primary N) is 1.